The zero-order chi connectivity index (χ0) is 35.8. The van der Waals surface area contributed by atoms with E-state index >= 15 is 4.79 Å². The second-order valence-corrected chi connectivity index (χ2v) is 16.1. The van der Waals surface area contributed by atoms with Gasteiger partial charge in [-0.25, -0.2) is 4.79 Å². The summed E-state index contributed by atoms with van der Waals surface area (Å²) in [5.74, 6) is 1.61. The van der Waals surface area contributed by atoms with Gasteiger partial charge in [0, 0.05) is 66.0 Å². The summed E-state index contributed by atoms with van der Waals surface area (Å²) in [5.41, 5.74) is 1.14. The predicted molar refractivity (Wildman–Crippen MR) is 200 cm³/mol. The van der Waals surface area contributed by atoms with Gasteiger partial charge in [0.25, 0.3) is 0 Å². The number of carbonyl (C=O) groups excluding carboxylic acids is 2. The van der Waals surface area contributed by atoms with Crippen LogP contribution in [0.2, 0.25) is 10.0 Å². The molecular weight excluding hydrogens is 669 g/mol. The number of piperidine rings is 1. The molecule has 0 saturated carbocycles. The number of pyridine rings is 1. The van der Waals surface area contributed by atoms with Gasteiger partial charge >= 0.3 is 6.03 Å². The Morgan fingerprint density at radius 1 is 0.880 bits per heavy atom. The lowest BCUT2D eigenvalue weighted by molar-refractivity contribution is -0.131. The van der Waals surface area contributed by atoms with Crippen molar-refractivity contribution in [2.75, 3.05) is 32.8 Å². The third-order valence-electron chi connectivity index (χ3n) is 10.9. The maximum absolute atomic E-state index is 15.2. The molecule has 3 amide bonds. The van der Waals surface area contributed by atoms with Crippen LogP contribution in [-0.2, 0) is 21.3 Å². The monoisotopic (exact) mass is 717 g/mol. The molecule has 0 bridgehead atoms. The quantitative estimate of drug-likeness (QED) is 0.245. The van der Waals surface area contributed by atoms with E-state index in [4.69, 9.17) is 37.9 Å². The number of aromatic nitrogens is 1. The number of halogens is 2. The summed E-state index contributed by atoms with van der Waals surface area (Å²) < 4.78 is 6.29. The number of amides is 3. The Morgan fingerprint density at radius 2 is 1.46 bits per heavy atom. The van der Waals surface area contributed by atoms with Gasteiger partial charge in [-0.2, -0.15) is 0 Å². The first kappa shape index (κ1) is 36.2. The van der Waals surface area contributed by atoms with Crippen molar-refractivity contribution in [3.8, 4) is 5.75 Å². The highest BCUT2D eigenvalue weighted by Gasteiger charge is 2.60. The van der Waals surface area contributed by atoms with Crippen LogP contribution in [0, 0.1) is 5.92 Å². The minimum absolute atomic E-state index is 0.148. The van der Waals surface area contributed by atoms with E-state index in [1.54, 1.807) is 6.20 Å². The second-order valence-electron chi connectivity index (χ2n) is 15.2. The lowest BCUT2D eigenvalue weighted by Crippen LogP contribution is -2.59. The maximum atomic E-state index is 15.2. The summed E-state index contributed by atoms with van der Waals surface area (Å²) in [4.78, 5) is 44.4. The van der Waals surface area contributed by atoms with Crippen molar-refractivity contribution in [2.24, 2.45) is 10.9 Å². The highest BCUT2D eigenvalue weighted by atomic mass is 35.5. The summed E-state index contributed by atoms with van der Waals surface area (Å²) in [5, 5.41) is 1.22. The van der Waals surface area contributed by atoms with Crippen molar-refractivity contribution in [1.29, 1.82) is 0 Å². The van der Waals surface area contributed by atoms with Crippen LogP contribution in [0.3, 0.4) is 0 Å². The van der Waals surface area contributed by atoms with Gasteiger partial charge < -0.3 is 14.5 Å². The molecule has 3 aliphatic heterocycles. The Morgan fingerprint density at radius 3 is 2.02 bits per heavy atom. The number of carbonyl (C=O) groups is 2. The molecule has 0 aliphatic carbocycles. The van der Waals surface area contributed by atoms with Gasteiger partial charge in [0.1, 0.15) is 22.7 Å². The minimum atomic E-state index is -1.01. The van der Waals surface area contributed by atoms with Crippen LogP contribution < -0.4 is 4.74 Å². The standard InChI is InChI=1S/C40H49Cl2N5O3/c1-7-50-33-25-34(38(2,3)4)43-26-32(33)36-44-39(5,28-10-14-30(41)15-11-28)40(6,29-12-16-31(42)17-13-29)47(36)37(49)46-22-18-27(19-23-46)24-35(48)45-20-8-9-21-45/h10-17,25-27H,7-9,18-24H2,1-6H3/t39-,40+/m0/s1. The summed E-state index contributed by atoms with van der Waals surface area (Å²) in [6, 6.07) is 17.2. The maximum Gasteiger partial charge on any atom is 0.326 e. The first-order chi connectivity index (χ1) is 23.8. The number of aliphatic imine (C=N–C) groups is 1. The summed E-state index contributed by atoms with van der Waals surface area (Å²) in [7, 11) is 0. The average molecular weight is 719 g/mol. The number of hydrogen-bond donors (Lipinski definition) is 0. The topological polar surface area (TPSA) is 78.3 Å². The molecule has 2 aromatic carbocycles. The van der Waals surface area contributed by atoms with E-state index in [0.717, 1.165) is 55.6 Å². The molecule has 0 unspecified atom stereocenters. The van der Waals surface area contributed by atoms with Crippen LogP contribution in [0.4, 0.5) is 4.79 Å². The van der Waals surface area contributed by atoms with Crippen LogP contribution in [-0.4, -0.2) is 70.2 Å². The van der Waals surface area contributed by atoms with Crippen LogP contribution in [0.15, 0.2) is 65.8 Å². The third-order valence-corrected chi connectivity index (χ3v) is 11.4. The fourth-order valence-electron chi connectivity index (χ4n) is 7.67. The van der Waals surface area contributed by atoms with Gasteiger partial charge in [-0.05, 0) is 87.8 Å². The van der Waals surface area contributed by atoms with Crippen molar-refractivity contribution in [1.82, 2.24) is 19.7 Å². The van der Waals surface area contributed by atoms with Gasteiger partial charge in [-0.15, -0.1) is 0 Å². The van der Waals surface area contributed by atoms with E-state index in [2.05, 4.69) is 34.6 Å². The van der Waals surface area contributed by atoms with E-state index in [1.165, 1.54) is 0 Å². The number of benzene rings is 2. The molecule has 50 heavy (non-hydrogen) atoms. The fraction of sp³-hybridized carbons (Fsp3) is 0.500. The molecule has 10 heteroatoms. The molecule has 2 atom stereocenters. The normalized spacial score (nSPS) is 23.0. The lowest BCUT2D eigenvalue weighted by Gasteiger charge is -2.47. The van der Waals surface area contributed by atoms with E-state index < -0.39 is 11.1 Å². The Kier molecular flexibility index (Phi) is 10.3. The van der Waals surface area contributed by atoms with E-state index in [9.17, 15) is 4.79 Å². The first-order valence-corrected chi connectivity index (χ1v) is 18.6. The summed E-state index contributed by atoms with van der Waals surface area (Å²) >= 11 is 12.8. The summed E-state index contributed by atoms with van der Waals surface area (Å²) in [6.07, 6.45) is 6.04. The third kappa shape index (κ3) is 6.73. The number of likely N-dealkylation sites (tertiary alicyclic amines) is 2. The van der Waals surface area contributed by atoms with Crippen molar-refractivity contribution in [3.63, 3.8) is 0 Å². The first-order valence-electron chi connectivity index (χ1n) is 17.9. The molecule has 1 aromatic heterocycles. The zero-order valence-corrected chi connectivity index (χ0v) is 31.7. The SMILES string of the molecule is CCOc1cc(C(C)(C)C)ncc1C1=N[C@@](C)(c2ccc(Cl)cc2)[C@@](C)(c2ccc(Cl)cc2)N1C(=O)N1CCC(CC(=O)N2CCCC2)CC1. The van der Waals surface area contributed by atoms with Crippen LogP contribution >= 0.6 is 23.2 Å². The number of rotatable bonds is 7. The fourth-order valence-corrected chi connectivity index (χ4v) is 7.92. The zero-order valence-electron chi connectivity index (χ0n) is 30.1. The van der Waals surface area contributed by atoms with Crippen molar-refractivity contribution in [3.05, 3.63) is 93.2 Å². The molecule has 2 saturated heterocycles. The molecule has 8 nitrogen and oxygen atoms in total. The molecule has 0 radical (unpaired) electrons. The van der Waals surface area contributed by atoms with Crippen molar-refractivity contribution >= 4 is 41.0 Å². The molecule has 0 N–H and O–H groups in total. The van der Waals surface area contributed by atoms with Gasteiger partial charge in [0.15, 0.2) is 0 Å². The molecular formula is C40H49Cl2N5O3. The predicted octanol–water partition coefficient (Wildman–Crippen LogP) is 8.82. The second kappa shape index (κ2) is 14.2. The Labute approximate surface area is 306 Å². The smallest absolute Gasteiger partial charge is 0.326 e. The Bertz CT molecular complexity index is 1740. The highest BCUT2D eigenvalue weighted by Crippen LogP contribution is 2.54. The molecule has 3 aromatic rings. The van der Waals surface area contributed by atoms with Crippen LogP contribution in [0.5, 0.6) is 5.75 Å². The van der Waals surface area contributed by atoms with E-state index in [1.807, 2.05) is 76.2 Å². The van der Waals surface area contributed by atoms with Gasteiger partial charge in [0.05, 0.1) is 12.2 Å². The van der Waals surface area contributed by atoms with Crippen LogP contribution in [0.25, 0.3) is 0 Å². The minimum Gasteiger partial charge on any atom is -0.493 e. The van der Waals surface area contributed by atoms with Crippen molar-refractivity contribution < 1.29 is 14.3 Å². The Hall–Kier alpha value is -3.62. The molecule has 6 rings (SSSR count). The Balaban J connectivity index is 1.45. The van der Waals surface area contributed by atoms with Crippen molar-refractivity contribution in [2.45, 2.75) is 90.1 Å². The van der Waals surface area contributed by atoms with Crippen LogP contribution in [0.1, 0.15) is 96.0 Å². The van der Waals surface area contributed by atoms with Gasteiger partial charge in [-0.3, -0.25) is 19.7 Å². The number of nitrogens with zero attached hydrogens (tertiary/aromatic N) is 5. The number of amidine groups is 1. The largest absolute Gasteiger partial charge is 0.493 e. The van der Waals surface area contributed by atoms with E-state index in [-0.39, 0.29) is 23.3 Å². The molecule has 0 spiro atoms. The highest BCUT2D eigenvalue weighted by molar-refractivity contribution is 6.30. The van der Waals surface area contributed by atoms with Gasteiger partial charge in [0.2, 0.25) is 5.91 Å². The average Bonchev–Trinajstić information content (AvgIpc) is 3.71. The molecule has 266 valence electrons. The number of ether oxygens (including phenoxy) is 1. The number of urea groups is 1. The molecule has 2 fully saturated rings. The lowest BCUT2D eigenvalue weighted by atomic mass is 9.71. The van der Waals surface area contributed by atoms with Gasteiger partial charge in [-0.1, -0.05) is 68.2 Å². The molecule has 4 heterocycles. The number of hydrogen-bond acceptors (Lipinski definition) is 5. The molecule has 3 aliphatic rings. The summed E-state index contributed by atoms with van der Waals surface area (Å²) in [6.45, 7) is 15.7. The van der Waals surface area contributed by atoms with E-state index in [0.29, 0.717) is 53.3 Å².